The summed E-state index contributed by atoms with van der Waals surface area (Å²) in [4.78, 5) is 11.8. The molecule has 0 aromatic heterocycles. The molecule has 0 heterocycles. The van der Waals surface area contributed by atoms with E-state index in [1.807, 2.05) is 20.8 Å². The molecule has 0 aliphatic heterocycles. The van der Waals surface area contributed by atoms with E-state index in [9.17, 15) is 13.2 Å². The Morgan fingerprint density at radius 2 is 1.41 bits per heavy atom. The van der Waals surface area contributed by atoms with E-state index in [1.165, 1.54) is 0 Å². The molecule has 0 aromatic rings. The van der Waals surface area contributed by atoms with Crippen molar-refractivity contribution in [2.45, 2.75) is 58.1 Å². The van der Waals surface area contributed by atoms with Crippen molar-refractivity contribution in [2.24, 2.45) is 5.92 Å². The van der Waals surface area contributed by atoms with Gasteiger partial charge < -0.3 is 24.3 Å². The maximum atomic E-state index is 11.8. The van der Waals surface area contributed by atoms with Crippen LogP contribution in [0.2, 0.25) is 0 Å². The van der Waals surface area contributed by atoms with Crippen molar-refractivity contribution in [3.05, 3.63) is 0 Å². The molecule has 1 amide bonds. The Balaban J connectivity index is 1.92. The lowest BCUT2D eigenvalue weighted by molar-refractivity contribution is 0.0000493. The summed E-state index contributed by atoms with van der Waals surface area (Å²) < 4.78 is 47.6. The lowest BCUT2D eigenvalue weighted by Gasteiger charge is -2.30. The molecule has 0 radical (unpaired) electrons. The Morgan fingerprint density at radius 3 is 1.93 bits per heavy atom. The maximum Gasteiger partial charge on any atom is 0.407 e. The highest BCUT2D eigenvalue weighted by Crippen LogP contribution is 2.24. The van der Waals surface area contributed by atoms with Crippen LogP contribution in [-0.4, -0.2) is 78.7 Å². The zero-order chi connectivity index (χ0) is 21.8. The van der Waals surface area contributed by atoms with Crippen LogP contribution in [0.25, 0.3) is 0 Å². The maximum absolute atomic E-state index is 11.8. The van der Waals surface area contributed by atoms with Gasteiger partial charge >= 0.3 is 6.09 Å². The molecule has 172 valence electrons. The molecule has 0 atom stereocenters. The van der Waals surface area contributed by atoms with Crippen LogP contribution in [0.3, 0.4) is 0 Å². The van der Waals surface area contributed by atoms with Crippen LogP contribution in [0.4, 0.5) is 4.79 Å². The van der Waals surface area contributed by atoms with Gasteiger partial charge in [0.25, 0.3) is 10.1 Å². The molecule has 9 nitrogen and oxygen atoms in total. The van der Waals surface area contributed by atoms with Crippen molar-refractivity contribution < 1.29 is 36.3 Å². The van der Waals surface area contributed by atoms with E-state index >= 15 is 0 Å². The molecule has 0 saturated heterocycles. The summed E-state index contributed by atoms with van der Waals surface area (Å²) in [5.74, 6) is 0.505. The Bertz CT molecular complexity index is 553. The van der Waals surface area contributed by atoms with Crippen LogP contribution in [0.5, 0.6) is 0 Å². The van der Waals surface area contributed by atoms with E-state index in [-0.39, 0.29) is 25.3 Å². The van der Waals surface area contributed by atoms with Gasteiger partial charge in [-0.05, 0) is 52.4 Å². The van der Waals surface area contributed by atoms with Crippen LogP contribution in [0.1, 0.15) is 46.5 Å². The van der Waals surface area contributed by atoms with E-state index in [2.05, 4.69) is 9.50 Å². The van der Waals surface area contributed by atoms with Gasteiger partial charge in [0.15, 0.2) is 0 Å². The topological polar surface area (TPSA) is 109 Å². The number of amides is 1. The van der Waals surface area contributed by atoms with Gasteiger partial charge in [0.1, 0.15) is 5.60 Å². The second-order valence-electron chi connectivity index (χ2n) is 8.19. The minimum Gasteiger partial charge on any atom is -0.444 e. The zero-order valence-corrected chi connectivity index (χ0v) is 18.9. The molecule has 10 heteroatoms. The van der Waals surface area contributed by atoms with Crippen molar-refractivity contribution >= 4 is 16.2 Å². The van der Waals surface area contributed by atoms with Crippen molar-refractivity contribution in [3.8, 4) is 0 Å². The lowest BCUT2D eigenvalue weighted by atomic mass is 9.86. The second kappa shape index (κ2) is 13.4. The summed E-state index contributed by atoms with van der Waals surface area (Å²) in [7, 11) is -3.41. The average Bonchev–Trinajstić information content (AvgIpc) is 2.58. The van der Waals surface area contributed by atoms with Crippen LogP contribution in [-0.2, 0) is 33.2 Å². The Labute approximate surface area is 174 Å². The molecule has 1 aliphatic carbocycles. The summed E-state index contributed by atoms with van der Waals surface area (Å²) >= 11 is 0. The van der Waals surface area contributed by atoms with E-state index < -0.39 is 15.7 Å². The van der Waals surface area contributed by atoms with Gasteiger partial charge in [0, 0.05) is 12.6 Å². The van der Waals surface area contributed by atoms with Gasteiger partial charge in [-0.3, -0.25) is 4.18 Å². The normalized spacial score (nSPS) is 20.4. The number of ether oxygens (including phenoxy) is 4. The first-order valence-electron chi connectivity index (χ1n) is 10.1. The first-order valence-corrected chi connectivity index (χ1v) is 11.9. The summed E-state index contributed by atoms with van der Waals surface area (Å²) in [6.45, 7) is 8.28. The quantitative estimate of drug-likeness (QED) is 0.343. The van der Waals surface area contributed by atoms with Crippen LogP contribution < -0.4 is 5.32 Å². The van der Waals surface area contributed by atoms with Gasteiger partial charge in [-0.15, -0.1) is 0 Å². The van der Waals surface area contributed by atoms with Crippen molar-refractivity contribution in [1.29, 1.82) is 0 Å². The Hall–Kier alpha value is -0.940. The van der Waals surface area contributed by atoms with Crippen molar-refractivity contribution in [3.63, 3.8) is 0 Å². The van der Waals surface area contributed by atoms with E-state index in [1.54, 1.807) is 0 Å². The van der Waals surface area contributed by atoms with Crippen molar-refractivity contribution in [1.82, 2.24) is 5.32 Å². The third kappa shape index (κ3) is 15.5. The van der Waals surface area contributed by atoms with Crippen LogP contribution in [0, 0.1) is 5.92 Å². The van der Waals surface area contributed by atoms with Gasteiger partial charge in [0.05, 0.1) is 45.9 Å². The standard InChI is InChI=1S/C19H37NO8S/c1-19(2,3)28-18(21)20-17-7-5-16(6-8-17)15-26-12-11-24-9-10-25-13-14-27-29(4,22)23/h16-17H,5-15H2,1-4H3,(H,20,21). The Kier molecular flexibility index (Phi) is 12.0. The summed E-state index contributed by atoms with van der Waals surface area (Å²) in [6, 6.07) is 0.173. The second-order valence-corrected chi connectivity index (χ2v) is 9.83. The summed E-state index contributed by atoms with van der Waals surface area (Å²) in [6.07, 6.45) is 4.56. The molecule has 1 N–H and O–H groups in total. The fourth-order valence-electron chi connectivity index (χ4n) is 2.88. The molecule has 1 rings (SSSR count). The highest BCUT2D eigenvalue weighted by atomic mass is 32.2. The third-order valence-corrected chi connectivity index (χ3v) is 4.79. The zero-order valence-electron chi connectivity index (χ0n) is 18.1. The van der Waals surface area contributed by atoms with Crippen molar-refractivity contribution in [2.75, 3.05) is 52.5 Å². The largest absolute Gasteiger partial charge is 0.444 e. The fourth-order valence-corrected chi connectivity index (χ4v) is 3.25. The molecule has 0 spiro atoms. The highest BCUT2D eigenvalue weighted by molar-refractivity contribution is 7.85. The molecule has 29 heavy (non-hydrogen) atoms. The van der Waals surface area contributed by atoms with Gasteiger partial charge in [0.2, 0.25) is 0 Å². The van der Waals surface area contributed by atoms with E-state index in [4.69, 9.17) is 18.9 Å². The van der Waals surface area contributed by atoms with Crippen LogP contribution >= 0.6 is 0 Å². The average molecular weight is 440 g/mol. The number of carbonyl (C=O) groups is 1. The summed E-state index contributed by atoms with van der Waals surface area (Å²) in [5.41, 5.74) is -0.476. The molecule has 0 bridgehead atoms. The number of hydrogen-bond acceptors (Lipinski definition) is 8. The molecule has 1 fully saturated rings. The van der Waals surface area contributed by atoms with Gasteiger partial charge in [-0.1, -0.05) is 0 Å². The molecular weight excluding hydrogens is 402 g/mol. The first kappa shape index (κ1) is 26.1. The first-order chi connectivity index (χ1) is 13.6. The molecule has 1 aliphatic rings. The minimum atomic E-state index is -3.41. The Morgan fingerprint density at radius 1 is 0.897 bits per heavy atom. The number of rotatable bonds is 13. The predicted octanol–water partition coefficient (Wildman–Crippen LogP) is 2.10. The predicted molar refractivity (Wildman–Crippen MR) is 108 cm³/mol. The molecule has 0 unspecified atom stereocenters. The molecular formula is C19H37NO8S. The molecule has 1 saturated carbocycles. The smallest absolute Gasteiger partial charge is 0.407 e. The minimum absolute atomic E-state index is 0.0114. The summed E-state index contributed by atoms with van der Waals surface area (Å²) in [5, 5.41) is 2.94. The molecule has 0 aromatic carbocycles. The monoisotopic (exact) mass is 439 g/mol. The lowest BCUT2D eigenvalue weighted by Crippen LogP contribution is -2.41. The number of hydrogen-bond donors (Lipinski definition) is 1. The fraction of sp³-hybridized carbons (Fsp3) is 0.947. The number of alkyl carbamates (subject to hydrolysis) is 1. The van der Waals surface area contributed by atoms with Gasteiger partial charge in [-0.25, -0.2) is 4.79 Å². The third-order valence-electron chi connectivity index (χ3n) is 4.19. The van der Waals surface area contributed by atoms with E-state index in [0.717, 1.165) is 31.9 Å². The van der Waals surface area contributed by atoms with Crippen LogP contribution in [0.15, 0.2) is 0 Å². The van der Waals surface area contributed by atoms with Gasteiger partial charge in [-0.2, -0.15) is 8.42 Å². The number of nitrogens with one attached hydrogen (secondary N) is 1. The highest BCUT2D eigenvalue weighted by Gasteiger charge is 2.24. The number of carbonyl (C=O) groups excluding carboxylic acids is 1. The van der Waals surface area contributed by atoms with E-state index in [0.29, 0.717) is 39.0 Å². The SMILES string of the molecule is CC(C)(C)OC(=O)NC1CCC(COCCOCCOCCOS(C)(=O)=O)CC1.